The minimum Gasteiger partial charge on any atom is -0.504 e. The van der Waals surface area contributed by atoms with E-state index in [2.05, 4.69) is 24.4 Å². The van der Waals surface area contributed by atoms with Crippen LogP contribution in [0.15, 0.2) is 47.6 Å². The maximum Gasteiger partial charge on any atom is 0.337 e. The molecule has 0 fully saturated rings. The molecule has 35 heavy (non-hydrogen) atoms. The van der Waals surface area contributed by atoms with Crippen molar-refractivity contribution in [2.24, 2.45) is 5.10 Å². The molecule has 1 aromatic heterocycles. The SMILES string of the molecule is CC.CCC.Cc1ccc(C)n1-c1cc(C(=O)N/N=C/c2ccc(O)c(O)c2O)ccc1C(=O)O. The number of aryl methyl sites for hydroxylation is 2. The number of phenols is 3. The molecule has 0 aliphatic heterocycles. The molecule has 1 heterocycles. The van der Waals surface area contributed by atoms with Crippen LogP contribution in [-0.2, 0) is 0 Å². The number of aromatic hydroxyl groups is 3. The van der Waals surface area contributed by atoms with Gasteiger partial charge in [-0.2, -0.15) is 5.10 Å². The molecule has 0 aliphatic rings. The number of hydrazone groups is 1. The Bertz CT molecular complexity index is 1180. The summed E-state index contributed by atoms with van der Waals surface area (Å²) in [5, 5.41) is 41.8. The number of phenolic OH excluding ortho intramolecular Hbond substituents is 3. The monoisotopic (exact) mass is 483 g/mol. The molecule has 0 atom stereocenters. The van der Waals surface area contributed by atoms with E-state index in [4.69, 9.17) is 0 Å². The van der Waals surface area contributed by atoms with Gasteiger partial charge < -0.3 is 25.0 Å². The third-order valence-corrected chi connectivity index (χ3v) is 4.53. The van der Waals surface area contributed by atoms with E-state index in [0.29, 0.717) is 5.69 Å². The minimum atomic E-state index is -1.12. The highest BCUT2D eigenvalue weighted by Crippen LogP contribution is 2.36. The van der Waals surface area contributed by atoms with Gasteiger partial charge in [-0.1, -0.05) is 34.1 Å². The Kier molecular flexibility index (Phi) is 11.0. The van der Waals surface area contributed by atoms with E-state index in [1.165, 1.54) is 30.7 Å². The highest BCUT2D eigenvalue weighted by atomic mass is 16.4. The van der Waals surface area contributed by atoms with Gasteiger partial charge in [0.1, 0.15) is 0 Å². The van der Waals surface area contributed by atoms with Gasteiger partial charge in [-0.3, -0.25) is 4.79 Å². The van der Waals surface area contributed by atoms with Crippen LogP contribution >= 0.6 is 0 Å². The standard InChI is InChI=1S/C21H19N3O6.C3H8.C2H6/c1-11-3-4-12(2)24(11)16-9-13(5-7-15(16)21(29)30)20(28)23-22-10-14-6-8-17(25)19(27)18(14)26;1-3-2;1-2/h3-10,25-27H,1-2H3,(H,23,28)(H,29,30);3H2,1-2H3;1-2H3/b22-10+;;. The number of carboxylic acids is 1. The van der Waals surface area contributed by atoms with E-state index in [1.54, 1.807) is 4.57 Å². The molecule has 3 rings (SSSR count). The first kappa shape index (κ1) is 28.8. The number of aromatic nitrogens is 1. The predicted molar refractivity (Wildman–Crippen MR) is 136 cm³/mol. The summed E-state index contributed by atoms with van der Waals surface area (Å²) in [4.78, 5) is 24.1. The van der Waals surface area contributed by atoms with Crippen LogP contribution in [-0.4, -0.2) is 43.1 Å². The molecule has 9 nitrogen and oxygen atoms in total. The molecule has 0 spiro atoms. The summed E-state index contributed by atoms with van der Waals surface area (Å²) < 4.78 is 1.74. The zero-order chi connectivity index (χ0) is 26.7. The van der Waals surface area contributed by atoms with Crippen molar-refractivity contribution in [3.63, 3.8) is 0 Å². The number of carbonyl (C=O) groups excluding carboxylic acids is 1. The Hall–Kier alpha value is -4.27. The number of carboxylic acid groups (broad SMARTS) is 1. The summed E-state index contributed by atoms with van der Waals surface area (Å²) in [7, 11) is 0. The molecule has 0 bridgehead atoms. The van der Waals surface area contributed by atoms with E-state index in [9.17, 15) is 30.0 Å². The van der Waals surface area contributed by atoms with Crippen molar-refractivity contribution in [3.8, 4) is 22.9 Å². The highest BCUT2D eigenvalue weighted by Gasteiger charge is 2.17. The van der Waals surface area contributed by atoms with Crippen LogP contribution in [0.1, 0.15) is 71.8 Å². The molecular formula is C26H33N3O6. The Labute approximate surface area is 205 Å². The quantitative estimate of drug-likeness (QED) is 0.194. The fourth-order valence-electron chi connectivity index (χ4n) is 3.00. The van der Waals surface area contributed by atoms with Crippen molar-refractivity contribution < 1.29 is 30.0 Å². The van der Waals surface area contributed by atoms with Gasteiger partial charge in [0, 0.05) is 22.5 Å². The van der Waals surface area contributed by atoms with Crippen LogP contribution in [0, 0.1) is 13.8 Å². The molecule has 0 radical (unpaired) electrons. The van der Waals surface area contributed by atoms with E-state index in [-0.39, 0.29) is 16.7 Å². The first-order chi connectivity index (χ1) is 16.6. The summed E-state index contributed by atoms with van der Waals surface area (Å²) in [5.41, 5.74) is 4.55. The third-order valence-electron chi connectivity index (χ3n) is 4.53. The lowest BCUT2D eigenvalue weighted by molar-refractivity contribution is 0.0696. The molecular weight excluding hydrogens is 450 g/mol. The third kappa shape index (κ3) is 7.10. The number of aromatic carboxylic acids is 1. The van der Waals surface area contributed by atoms with Crippen molar-refractivity contribution >= 4 is 18.1 Å². The molecule has 188 valence electrons. The molecule has 3 aromatic rings. The maximum absolute atomic E-state index is 12.5. The fraction of sp³-hybridized carbons (Fsp3) is 0.269. The smallest absolute Gasteiger partial charge is 0.337 e. The lowest BCUT2D eigenvalue weighted by Gasteiger charge is -2.14. The van der Waals surface area contributed by atoms with E-state index < -0.39 is 29.1 Å². The lowest BCUT2D eigenvalue weighted by Crippen LogP contribution is -2.19. The summed E-state index contributed by atoms with van der Waals surface area (Å²) in [6, 6.07) is 10.3. The molecule has 9 heteroatoms. The van der Waals surface area contributed by atoms with E-state index in [0.717, 1.165) is 23.7 Å². The number of nitrogens with zero attached hydrogens (tertiary/aromatic N) is 2. The number of nitrogens with one attached hydrogen (secondary N) is 1. The van der Waals surface area contributed by atoms with Gasteiger partial charge in [0.05, 0.1) is 17.5 Å². The second-order valence-corrected chi connectivity index (χ2v) is 7.27. The minimum absolute atomic E-state index is 0.0435. The molecule has 5 N–H and O–H groups in total. The van der Waals surface area contributed by atoms with Gasteiger partial charge in [-0.25, -0.2) is 10.2 Å². The molecule has 0 saturated carbocycles. The maximum atomic E-state index is 12.5. The van der Waals surface area contributed by atoms with Gasteiger partial charge in [0.15, 0.2) is 11.5 Å². The highest BCUT2D eigenvalue weighted by molar-refractivity contribution is 5.99. The van der Waals surface area contributed by atoms with Crippen molar-refractivity contribution in [1.82, 2.24) is 9.99 Å². The summed E-state index contributed by atoms with van der Waals surface area (Å²) in [5.74, 6) is -3.49. The van der Waals surface area contributed by atoms with Crippen LogP contribution < -0.4 is 5.43 Å². The van der Waals surface area contributed by atoms with Crippen LogP contribution in [0.3, 0.4) is 0 Å². The summed E-state index contributed by atoms with van der Waals surface area (Å²) >= 11 is 0. The van der Waals surface area contributed by atoms with Crippen LogP contribution in [0.2, 0.25) is 0 Å². The largest absolute Gasteiger partial charge is 0.504 e. The average Bonchev–Trinajstić information content (AvgIpc) is 3.17. The molecule has 0 aliphatic carbocycles. The number of benzene rings is 2. The number of amides is 1. The van der Waals surface area contributed by atoms with Crippen LogP contribution in [0.4, 0.5) is 0 Å². The zero-order valence-corrected chi connectivity index (χ0v) is 20.8. The average molecular weight is 484 g/mol. The van der Waals surface area contributed by atoms with Crippen LogP contribution in [0.25, 0.3) is 5.69 Å². The lowest BCUT2D eigenvalue weighted by atomic mass is 10.1. The topological polar surface area (TPSA) is 144 Å². The second kappa shape index (κ2) is 13.4. The first-order valence-corrected chi connectivity index (χ1v) is 11.2. The normalized spacial score (nSPS) is 10.1. The number of hydrogen-bond acceptors (Lipinski definition) is 6. The van der Waals surface area contributed by atoms with Crippen molar-refractivity contribution in [1.29, 1.82) is 0 Å². The van der Waals surface area contributed by atoms with Gasteiger partial charge in [-0.15, -0.1) is 0 Å². The molecule has 0 saturated heterocycles. The zero-order valence-electron chi connectivity index (χ0n) is 20.8. The fourth-order valence-corrected chi connectivity index (χ4v) is 3.00. The number of rotatable bonds is 5. The van der Waals surface area contributed by atoms with Gasteiger partial charge in [0.2, 0.25) is 5.75 Å². The predicted octanol–water partition coefficient (Wildman–Crippen LogP) is 5.12. The molecule has 0 unspecified atom stereocenters. The summed E-state index contributed by atoms with van der Waals surface area (Å²) in [6.07, 6.45) is 2.35. The van der Waals surface area contributed by atoms with Crippen molar-refractivity contribution in [2.45, 2.75) is 48.0 Å². The first-order valence-electron chi connectivity index (χ1n) is 11.2. The number of hydrogen-bond donors (Lipinski definition) is 5. The molecule has 1 amide bonds. The Morgan fingerprint density at radius 3 is 2.06 bits per heavy atom. The summed E-state index contributed by atoms with van der Waals surface area (Å²) in [6.45, 7) is 11.9. The van der Waals surface area contributed by atoms with E-state index >= 15 is 0 Å². The second-order valence-electron chi connectivity index (χ2n) is 7.27. The van der Waals surface area contributed by atoms with Crippen molar-refractivity contribution in [2.75, 3.05) is 0 Å². The number of carbonyl (C=O) groups is 2. The van der Waals surface area contributed by atoms with Crippen molar-refractivity contribution in [3.05, 3.63) is 70.5 Å². The Morgan fingerprint density at radius 2 is 1.51 bits per heavy atom. The van der Waals surface area contributed by atoms with Gasteiger partial charge in [0.25, 0.3) is 5.91 Å². The van der Waals surface area contributed by atoms with E-state index in [1.807, 2.05) is 39.8 Å². The van der Waals surface area contributed by atoms with Gasteiger partial charge in [-0.05, 0) is 56.3 Å². The molecule has 2 aromatic carbocycles. The van der Waals surface area contributed by atoms with Crippen LogP contribution in [0.5, 0.6) is 17.2 Å². The van der Waals surface area contributed by atoms with Gasteiger partial charge >= 0.3 is 5.97 Å². The Balaban J connectivity index is 0.00000114. The Morgan fingerprint density at radius 1 is 0.943 bits per heavy atom.